The second kappa shape index (κ2) is 6.36. The Kier molecular flexibility index (Phi) is 4.54. The lowest BCUT2D eigenvalue weighted by Gasteiger charge is -2.16. The van der Waals surface area contributed by atoms with Crippen LogP contribution in [0.3, 0.4) is 0 Å². The van der Waals surface area contributed by atoms with E-state index >= 15 is 0 Å². The first-order valence-corrected chi connectivity index (χ1v) is 6.16. The summed E-state index contributed by atoms with van der Waals surface area (Å²) in [6.07, 6.45) is 3.50. The van der Waals surface area contributed by atoms with Gasteiger partial charge in [-0.2, -0.15) is 5.10 Å². The van der Waals surface area contributed by atoms with Gasteiger partial charge in [-0.05, 0) is 17.7 Å². The predicted octanol–water partition coefficient (Wildman–Crippen LogP) is 1.65. The zero-order chi connectivity index (χ0) is 13.7. The first-order chi connectivity index (χ1) is 9.22. The topological polar surface area (TPSA) is 62.3 Å². The third kappa shape index (κ3) is 3.56. The Morgan fingerprint density at radius 3 is 2.89 bits per heavy atom. The van der Waals surface area contributed by atoms with Gasteiger partial charge in [0, 0.05) is 32.5 Å². The monoisotopic (exact) mass is 261 g/mol. The van der Waals surface area contributed by atoms with Crippen molar-refractivity contribution in [3.8, 4) is 5.75 Å². The maximum Gasteiger partial charge on any atom is 0.139 e. The van der Waals surface area contributed by atoms with Crippen molar-refractivity contribution >= 4 is 0 Å². The molecule has 0 radical (unpaired) electrons. The number of benzene rings is 1. The molecule has 1 heterocycles. The summed E-state index contributed by atoms with van der Waals surface area (Å²) in [4.78, 5) is 0. The number of methoxy groups -OCH3 is 1. The van der Waals surface area contributed by atoms with E-state index in [0.29, 0.717) is 13.2 Å². The zero-order valence-electron chi connectivity index (χ0n) is 11.2. The summed E-state index contributed by atoms with van der Waals surface area (Å²) < 4.78 is 12.8. The molecule has 2 N–H and O–H groups in total. The van der Waals surface area contributed by atoms with Gasteiger partial charge in [0.15, 0.2) is 0 Å². The summed E-state index contributed by atoms with van der Waals surface area (Å²) >= 11 is 0. The van der Waals surface area contributed by atoms with Crippen molar-refractivity contribution in [2.45, 2.75) is 12.7 Å². The van der Waals surface area contributed by atoms with Crippen LogP contribution in [0.1, 0.15) is 17.2 Å². The van der Waals surface area contributed by atoms with E-state index in [1.165, 1.54) is 0 Å². The van der Waals surface area contributed by atoms with E-state index in [2.05, 4.69) is 5.10 Å². The Morgan fingerprint density at radius 2 is 2.26 bits per heavy atom. The first kappa shape index (κ1) is 13.6. The van der Waals surface area contributed by atoms with Gasteiger partial charge in [-0.3, -0.25) is 4.68 Å². The van der Waals surface area contributed by atoms with E-state index in [1.54, 1.807) is 18.0 Å². The number of nitrogens with two attached hydrogens (primary N) is 1. The van der Waals surface area contributed by atoms with E-state index in [4.69, 9.17) is 15.2 Å². The van der Waals surface area contributed by atoms with Crippen molar-refractivity contribution in [2.75, 3.05) is 13.7 Å². The maximum absolute atomic E-state index is 5.92. The largest absolute Gasteiger partial charge is 0.484 e. The van der Waals surface area contributed by atoms with Gasteiger partial charge >= 0.3 is 0 Å². The molecule has 1 atom stereocenters. The van der Waals surface area contributed by atoms with E-state index < -0.39 is 0 Å². The van der Waals surface area contributed by atoms with Crippen LogP contribution in [0.5, 0.6) is 5.75 Å². The third-order valence-corrected chi connectivity index (χ3v) is 2.80. The second-order valence-corrected chi connectivity index (χ2v) is 4.37. The van der Waals surface area contributed by atoms with Crippen molar-refractivity contribution in [3.63, 3.8) is 0 Å². The van der Waals surface area contributed by atoms with Crippen molar-refractivity contribution in [1.29, 1.82) is 0 Å². The smallest absolute Gasteiger partial charge is 0.139 e. The molecule has 0 aliphatic carbocycles. The predicted molar refractivity (Wildman–Crippen MR) is 72.8 cm³/mol. The van der Waals surface area contributed by atoms with Gasteiger partial charge in [0.2, 0.25) is 0 Å². The quantitative estimate of drug-likeness (QED) is 0.858. The van der Waals surface area contributed by atoms with Gasteiger partial charge in [-0.1, -0.05) is 12.1 Å². The highest BCUT2D eigenvalue weighted by Crippen LogP contribution is 2.22. The molecule has 1 aromatic heterocycles. The van der Waals surface area contributed by atoms with Crippen LogP contribution in [-0.4, -0.2) is 23.4 Å². The maximum atomic E-state index is 5.92. The minimum absolute atomic E-state index is 0.188. The molecular formula is C14H19N3O2. The second-order valence-electron chi connectivity index (χ2n) is 4.37. The highest BCUT2D eigenvalue weighted by molar-refractivity contribution is 5.29. The van der Waals surface area contributed by atoms with Crippen LogP contribution in [0.2, 0.25) is 0 Å². The normalized spacial score (nSPS) is 12.4. The van der Waals surface area contributed by atoms with Crippen LogP contribution in [0, 0.1) is 0 Å². The van der Waals surface area contributed by atoms with Crippen LogP contribution >= 0.6 is 0 Å². The summed E-state index contributed by atoms with van der Waals surface area (Å²) in [6.45, 7) is 0.970. The van der Waals surface area contributed by atoms with Gasteiger partial charge in [-0.15, -0.1) is 0 Å². The van der Waals surface area contributed by atoms with Gasteiger partial charge < -0.3 is 15.2 Å². The molecule has 2 rings (SSSR count). The minimum atomic E-state index is -0.188. The highest BCUT2D eigenvalue weighted by atomic mass is 16.5. The van der Waals surface area contributed by atoms with E-state index in [1.807, 2.05) is 37.5 Å². The molecule has 0 fully saturated rings. The molecule has 102 valence electrons. The van der Waals surface area contributed by atoms with Crippen LogP contribution in [0.25, 0.3) is 0 Å². The summed E-state index contributed by atoms with van der Waals surface area (Å²) in [5.41, 5.74) is 7.82. The fourth-order valence-corrected chi connectivity index (χ4v) is 1.90. The molecule has 0 aliphatic heterocycles. The molecule has 5 nitrogen and oxygen atoms in total. The molecule has 1 unspecified atom stereocenters. The number of nitrogens with zero attached hydrogens (tertiary/aromatic N) is 2. The lowest BCUT2D eigenvalue weighted by atomic mass is 10.2. The SMILES string of the molecule is COCc1cccc(OC(CN)c2cnn(C)c2)c1. The Hall–Kier alpha value is -1.85. The van der Waals surface area contributed by atoms with E-state index in [0.717, 1.165) is 16.9 Å². The molecule has 19 heavy (non-hydrogen) atoms. The number of hydrogen-bond acceptors (Lipinski definition) is 4. The summed E-state index contributed by atoms with van der Waals surface area (Å²) in [7, 11) is 3.54. The fourth-order valence-electron chi connectivity index (χ4n) is 1.90. The van der Waals surface area contributed by atoms with Crippen molar-refractivity contribution in [2.24, 2.45) is 12.8 Å². The van der Waals surface area contributed by atoms with Crippen molar-refractivity contribution in [3.05, 3.63) is 47.8 Å². The number of ether oxygens (including phenoxy) is 2. The van der Waals surface area contributed by atoms with Gasteiger partial charge in [0.05, 0.1) is 12.8 Å². The average Bonchev–Trinajstić information content (AvgIpc) is 2.83. The van der Waals surface area contributed by atoms with Crippen LogP contribution in [0.15, 0.2) is 36.7 Å². The lowest BCUT2D eigenvalue weighted by Crippen LogP contribution is -2.18. The Labute approximate surface area is 112 Å². The highest BCUT2D eigenvalue weighted by Gasteiger charge is 2.13. The molecular weight excluding hydrogens is 242 g/mol. The average molecular weight is 261 g/mol. The lowest BCUT2D eigenvalue weighted by molar-refractivity contribution is 0.183. The van der Waals surface area contributed by atoms with Gasteiger partial charge in [-0.25, -0.2) is 0 Å². The summed E-state index contributed by atoms with van der Waals surface area (Å²) in [5, 5.41) is 4.14. The zero-order valence-corrected chi connectivity index (χ0v) is 11.2. The number of hydrogen-bond donors (Lipinski definition) is 1. The number of rotatable bonds is 6. The molecule has 0 spiro atoms. The Balaban J connectivity index is 2.11. The number of aryl methyl sites for hydroxylation is 1. The van der Waals surface area contributed by atoms with Gasteiger partial charge in [0.25, 0.3) is 0 Å². The van der Waals surface area contributed by atoms with E-state index in [9.17, 15) is 0 Å². The molecule has 1 aromatic carbocycles. The Bertz CT molecular complexity index is 525. The van der Waals surface area contributed by atoms with Crippen molar-refractivity contribution in [1.82, 2.24) is 9.78 Å². The molecule has 0 bridgehead atoms. The van der Waals surface area contributed by atoms with Crippen LogP contribution in [0.4, 0.5) is 0 Å². The Morgan fingerprint density at radius 1 is 1.42 bits per heavy atom. The standard InChI is InChI=1S/C14H19N3O2/c1-17-9-12(8-16-17)14(7-15)19-13-5-3-4-11(6-13)10-18-2/h3-6,8-9,14H,7,10,15H2,1-2H3. The molecule has 2 aromatic rings. The fraction of sp³-hybridized carbons (Fsp3) is 0.357. The molecule has 0 saturated carbocycles. The third-order valence-electron chi connectivity index (χ3n) is 2.80. The molecule has 5 heteroatoms. The van der Waals surface area contributed by atoms with Crippen LogP contribution < -0.4 is 10.5 Å². The molecule has 0 saturated heterocycles. The number of aromatic nitrogens is 2. The molecule has 0 aliphatic rings. The minimum Gasteiger partial charge on any atom is -0.484 e. The van der Waals surface area contributed by atoms with Crippen LogP contribution in [-0.2, 0) is 18.4 Å². The summed E-state index contributed by atoms with van der Waals surface area (Å²) in [6, 6.07) is 7.82. The van der Waals surface area contributed by atoms with Crippen molar-refractivity contribution < 1.29 is 9.47 Å². The first-order valence-electron chi connectivity index (χ1n) is 6.16. The molecule has 0 amide bonds. The van der Waals surface area contributed by atoms with Gasteiger partial charge in [0.1, 0.15) is 11.9 Å². The summed E-state index contributed by atoms with van der Waals surface area (Å²) in [5.74, 6) is 0.786. The van der Waals surface area contributed by atoms with E-state index in [-0.39, 0.29) is 6.10 Å².